The fraction of sp³-hybridized carbons (Fsp3) is 0.529. The quantitative estimate of drug-likeness (QED) is 0.775. The van der Waals surface area contributed by atoms with Crippen LogP contribution in [-0.4, -0.2) is 40.6 Å². The van der Waals surface area contributed by atoms with Crippen LogP contribution in [0.2, 0.25) is 0 Å². The first-order valence-corrected chi connectivity index (χ1v) is 10.7. The standard InChI is InChI=1S/C17H21F3N4O3S/c1-28(26,27)12-7-8-14(21-9-12)24-16(22-11-5-3-2-4-6-11)13(10-25)15(23-24)17(18,19)20/h7-9,11,22,25H,2-6,10H2,1H3. The highest BCUT2D eigenvalue weighted by Gasteiger charge is 2.40. The number of nitrogens with one attached hydrogen (secondary N) is 1. The monoisotopic (exact) mass is 418 g/mol. The molecule has 0 bridgehead atoms. The number of aliphatic hydroxyl groups excluding tert-OH is 1. The highest BCUT2D eigenvalue weighted by atomic mass is 32.2. The maximum absolute atomic E-state index is 13.4. The van der Waals surface area contributed by atoms with Gasteiger partial charge in [0.2, 0.25) is 0 Å². The highest BCUT2D eigenvalue weighted by Crippen LogP contribution is 2.36. The number of nitrogens with zero attached hydrogens (tertiary/aromatic N) is 3. The Morgan fingerprint density at radius 2 is 1.93 bits per heavy atom. The van der Waals surface area contributed by atoms with Gasteiger partial charge in [0.05, 0.1) is 17.1 Å². The number of aliphatic hydroxyl groups is 1. The van der Waals surface area contributed by atoms with Gasteiger partial charge in [0.25, 0.3) is 0 Å². The Kier molecular flexibility index (Phi) is 5.67. The fourth-order valence-corrected chi connectivity index (χ4v) is 3.86. The molecule has 0 aromatic carbocycles. The number of hydrogen-bond donors (Lipinski definition) is 2. The first kappa shape index (κ1) is 20.6. The van der Waals surface area contributed by atoms with Crippen LogP contribution in [0.15, 0.2) is 23.2 Å². The molecule has 2 aromatic heterocycles. The summed E-state index contributed by atoms with van der Waals surface area (Å²) in [5, 5.41) is 16.3. The van der Waals surface area contributed by atoms with Crippen LogP contribution in [0, 0.1) is 0 Å². The molecule has 0 radical (unpaired) electrons. The van der Waals surface area contributed by atoms with Crippen LogP contribution in [0.1, 0.15) is 43.4 Å². The lowest BCUT2D eigenvalue weighted by Crippen LogP contribution is -2.24. The van der Waals surface area contributed by atoms with Gasteiger partial charge in [-0.2, -0.15) is 23.0 Å². The molecule has 1 saturated carbocycles. The molecule has 0 amide bonds. The number of rotatable bonds is 5. The number of hydrogen-bond acceptors (Lipinski definition) is 6. The van der Waals surface area contributed by atoms with Gasteiger partial charge in [-0.25, -0.2) is 13.4 Å². The zero-order valence-electron chi connectivity index (χ0n) is 15.2. The summed E-state index contributed by atoms with van der Waals surface area (Å²) in [5.74, 6) is 0.0530. The van der Waals surface area contributed by atoms with Gasteiger partial charge in [0.15, 0.2) is 21.3 Å². The van der Waals surface area contributed by atoms with Crippen molar-refractivity contribution < 1.29 is 26.7 Å². The second-order valence-electron chi connectivity index (χ2n) is 6.85. The van der Waals surface area contributed by atoms with Crippen LogP contribution < -0.4 is 5.32 Å². The van der Waals surface area contributed by atoms with E-state index in [1.807, 2.05) is 0 Å². The molecule has 0 aliphatic heterocycles. The van der Waals surface area contributed by atoms with E-state index >= 15 is 0 Å². The minimum Gasteiger partial charge on any atom is -0.391 e. The molecule has 0 saturated heterocycles. The number of pyridine rings is 1. The van der Waals surface area contributed by atoms with Gasteiger partial charge in [0, 0.05) is 18.5 Å². The zero-order chi connectivity index (χ0) is 20.5. The highest BCUT2D eigenvalue weighted by molar-refractivity contribution is 7.90. The van der Waals surface area contributed by atoms with Gasteiger partial charge in [-0.15, -0.1) is 0 Å². The Bertz CT molecular complexity index is 934. The zero-order valence-corrected chi connectivity index (χ0v) is 16.0. The van der Waals surface area contributed by atoms with Crippen LogP contribution >= 0.6 is 0 Å². The predicted octanol–water partition coefficient (Wildman–Crippen LogP) is 2.93. The average Bonchev–Trinajstić information content (AvgIpc) is 3.00. The lowest BCUT2D eigenvalue weighted by Gasteiger charge is -2.24. The predicted molar refractivity (Wildman–Crippen MR) is 95.9 cm³/mol. The maximum Gasteiger partial charge on any atom is 0.435 e. The van der Waals surface area contributed by atoms with E-state index < -0.39 is 28.3 Å². The summed E-state index contributed by atoms with van der Waals surface area (Å²) in [4.78, 5) is 3.92. The third-order valence-corrected chi connectivity index (χ3v) is 5.82. The van der Waals surface area contributed by atoms with Crippen molar-refractivity contribution in [3.8, 4) is 5.82 Å². The minimum atomic E-state index is -4.75. The number of aromatic nitrogens is 3. The molecule has 0 spiro atoms. The Balaban J connectivity index is 2.08. The first-order chi connectivity index (χ1) is 13.1. The molecular weight excluding hydrogens is 397 g/mol. The Morgan fingerprint density at radius 3 is 2.43 bits per heavy atom. The van der Waals surface area contributed by atoms with Gasteiger partial charge >= 0.3 is 6.18 Å². The van der Waals surface area contributed by atoms with E-state index in [-0.39, 0.29) is 28.1 Å². The van der Waals surface area contributed by atoms with Crippen LogP contribution in [0.5, 0.6) is 0 Å². The molecule has 28 heavy (non-hydrogen) atoms. The van der Waals surface area contributed by atoms with Crippen LogP contribution in [0.25, 0.3) is 5.82 Å². The summed E-state index contributed by atoms with van der Waals surface area (Å²) in [6, 6.07) is 2.51. The summed E-state index contributed by atoms with van der Waals surface area (Å²) in [5.41, 5.74) is -1.55. The van der Waals surface area contributed by atoms with Crippen molar-refractivity contribution in [3.05, 3.63) is 29.6 Å². The number of halogens is 3. The molecular formula is C17H21F3N4O3S. The van der Waals surface area contributed by atoms with Crippen molar-refractivity contribution in [3.63, 3.8) is 0 Å². The number of sulfone groups is 1. The van der Waals surface area contributed by atoms with E-state index in [9.17, 15) is 26.7 Å². The molecule has 1 aliphatic rings. The lowest BCUT2D eigenvalue weighted by atomic mass is 9.95. The Hall–Kier alpha value is -2.14. The second-order valence-corrected chi connectivity index (χ2v) is 8.86. The number of alkyl halides is 3. The van der Waals surface area contributed by atoms with Crippen molar-refractivity contribution in [2.24, 2.45) is 0 Å². The molecule has 154 valence electrons. The molecule has 0 unspecified atom stereocenters. The third kappa shape index (κ3) is 4.30. The Morgan fingerprint density at radius 1 is 1.25 bits per heavy atom. The first-order valence-electron chi connectivity index (χ1n) is 8.84. The van der Waals surface area contributed by atoms with E-state index in [2.05, 4.69) is 15.4 Å². The molecule has 3 rings (SSSR count). The molecule has 2 aromatic rings. The lowest BCUT2D eigenvalue weighted by molar-refractivity contribution is -0.142. The smallest absolute Gasteiger partial charge is 0.391 e. The molecule has 1 aliphatic carbocycles. The summed E-state index contributed by atoms with van der Waals surface area (Å²) in [6.45, 7) is -0.842. The van der Waals surface area contributed by atoms with E-state index in [4.69, 9.17) is 0 Å². The Labute approximate surface area is 160 Å². The van der Waals surface area contributed by atoms with Crippen molar-refractivity contribution in [2.45, 2.75) is 55.8 Å². The van der Waals surface area contributed by atoms with Crippen molar-refractivity contribution in [1.82, 2.24) is 14.8 Å². The van der Waals surface area contributed by atoms with E-state index in [0.717, 1.165) is 49.2 Å². The van der Waals surface area contributed by atoms with Crippen LogP contribution in [0.4, 0.5) is 19.0 Å². The van der Waals surface area contributed by atoms with E-state index in [1.165, 1.54) is 12.1 Å². The van der Waals surface area contributed by atoms with Crippen molar-refractivity contribution >= 4 is 15.7 Å². The van der Waals surface area contributed by atoms with Gasteiger partial charge < -0.3 is 10.4 Å². The van der Waals surface area contributed by atoms with Gasteiger partial charge in [0.1, 0.15) is 5.82 Å². The normalized spacial score (nSPS) is 16.3. The number of anilines is 1. The molecule has 2 N–H and O–H groups in total. The molecule has 11 heteroatoms. The summed E-state index contributed by atoms with van der Waals surface area (Å²) in [6.07, 6.45) is 1.95. The molecule has 0 atom stereocenters. The summed E-state index contributed by atoms with van der Waals surface area (Å²) < 4.78 is 64.4. The molecule has 2 heterocycles. The minimum absolute atomic E-state index is 0.0240. The average molecular weight is 418 g/mol. The van der Waals surface area contributed by atoms with Gasteiger partial charge in [-0.3, -0.25) is 0 Å². The third-order valence-electron chi connectivity index (χ3n) is 4.72. The topological polar surface area (TPSA) is 97.1 Å². The largest absolute Gasteiger partial charge is 0.435 e. The summed E-state index contributed by atoms with van der Waals surface area (Å²) >= 11 is 0. The van der Waals surface area contributed by atoms with Crippen molar-refractivity contribution in [2.75, 3.05) is 11.6 Å². The van der Waals surface area contributed by atoms with Gasteiger partial charge in [-0.1, -0.05) is 19.3 Å². The molecule has 1 fully saturated rings. The second kappa shape index (κ2) is 7.70. The fourth-order valence-electron chi connectivity index (χ4n) is 3.30. The van der Waals surface area contributed by atoms with E-state index in [1.54, 1.807) is 0 Å². The van der Waals surface area contributed by atoms with Crippen molar-refractivity contribution in [1.29, 1.82) is 0 Å². The van der Waals surface area contributed by atoms with Crippen LogP contribution in [-0.2, 0) is 22.6 Å². The maximum atomic E-state index is 13.4. The molecule has 7 nitrogen and oxygen atoms in total. The summed E-state index contributed by atoms with van der Waals surface area (Å²) in [7, 11) is -3.49. The SMILES string of the molecule is CS(=O)(=O)c1ccc(-n2nc(C(F)(F)F)c(CO)c2NC2CCCCC2)nc1. The van der Waals surface area contributed by atoms with Crippen LogP contribution in [0.3, 0.4) is 0 Å². The van der Waals surface area contributed by atoms with Gasteiger partial charge in [-0.05, 0) is 25.0 Å². The van der Waals surface area contributed by atoms with E-state index in [0.29, 0.717) is 0 Å².